The number of ether oxygens (including phenoxy) is 2. The van der Waals surface area contributed by atoms with Gasteiger partial charge in [0, 0.05) is 25.0 Å². The van der Waals surface area contributed by atoms with Crippen LogP contribution in [0.25, 0.3) is 42.4 Å². The summed E-state index contributed by atoms with van der Waals surface area (Å²) in [6, 6.07) is 18.8. The Labute approximate surface area is 180 Å². The number of halogens is 1. The van der Waals surface area contributed by atoms with Gasteiger partial charge in [-0.1, -0.05) is 18.2 Å². The zero-order chi connectivity index (χ0) is 19.8. The van der Waals surface area contributed by atoms with E-state index < -0.39 is 0 Å². The van der Waals surface area contributed by atoms with Gasteiger partial charge in [-0.05, 0) is 77.1 Å². The molecule has 146 valence electrons. The minimum absolute atomic E-state index is 0.116. The van der Waals surface area contributed by atoms with Crippen molar-refractivity contribution in [1.82, 2.24) is 0 Å². The molecule has 0 bridgehead atoms. The molecule has 0 atom stereocenters. The van der Waals surface area contributed by atoms with E-state index in [0.717, 1.165) is 34.4 Å². The third kappa shape index (κ3) is 2.33. The molecule has 0 amide bonds. The van der Waals surface area contributed by atoms with Crippen molar-refractivity contribution in [2.45, 2.75) is 12.8 Å². The van der Waals surface area contributed by atoms with Crippen LogP contribution in [0.3, 0.4) is 0 Å². The summed E-state index contributed by atoms with van der Waals surface area (Å²) in [5.41, 5.74) is 6.29. The van der Waals surface area contributed by atoms with Crippen molar-refractivity contribution in [3.63, 3.8) is 0 Å². The molecule has 0 saturated heterocycles. The molecule has 3 heterocycles. The Morgan fingerprint density at radius 1 is 0.733 bits per heavy atom. The van der Waals surface area contributed by atoms with Crippen LogP contribution in [-0.2, 0) is 12.8 Å². The fourth-order valence-electron chi connectivity index (χ4n) is 4.67. The average Bonchev–Trinajstić information content (AvgIpc) is 3.44. The quantitative estimate of drug-likeness (QED) is 0.291. The highest BCUT2D eigenvalue weighted by molar-refractivity contribution is 7.19. The number of fused-ring (bicyclic) bond motifs is 9. The van der Waals surface area contributed by atoms with Gasteiger partial charge in [0.2, 0.25) is 6.79 Å². The van der Waals surface area contributed by atoms with Crippen LogP contribution in [0, 0.1) is 5.13 Å². The van der Waals surface area contributed by atoms with E-state index >= 15 is 0 Å². The molecule has 2 aliphatic rings. The standard InChI is InChI=1S/C25H15FO2S2/c26-23-11-18-22(30-23)8-5-16-24-15(25(16)18)4-7-21-17(24)10-14(29-21)3-1-13-2-6-19-20(9-13)28-12-27-19/h2,4-11H,1,3,12H2. The summed E-state index contributed by atoms with van der Waals surface area (Å²) in [5.74, 6) is 1.68. The highest BCUT2D eigenvalue weighted by Gasteiger charge is 2.28. The van der Waals surface area contributed by atoms with E-state index in [1.807, 2.05) is 17.4 Å². The third-order valence-electron chi connectivity index (χ3n) is 6.06. The lowest BCUT2D eigenvalue weighted by Crippen LogP contribution is -1.99. The summed E-state index contributed by atoms with van der Waals surface area (Å²) in [6.07, 6.45) is 1.96. The predicted octanol–water partition coefficient (Wildman–Crippen LogP) is 7.42. The molecule has 3 aromatic carbocycles. The number of rotatable bonds is 3. The van der Waals surface area contributed by atoms with Crippen molar-refractivity contribution in [3.05, 3.63) is 70.2 Å². The highest BCUT2D eigenvalue weighted by Crippen LogP contribution is 2.55. The monoisotopic (exact) mass is 430 g/mol. The van der Waals surface area contributed by atoms with Crippen LogP contribution in [0.2, 0.25) is 0 Å². The van der Waals surface area contributed by atoms with Crippen LogP contribution in [0.1, 0.15) is 10.4 Å². The minimum atomic E-state index is -0.116. The lowest BCUT2D eigenvalue weighted by Gasteiger charge is -2.25. The Bertz CT molecular complexity index is 1490. The molecule has 0 fully saturated rings. The number of aryl methyl sites for hydroxylation is 2. The van der Waals surface area contributed by atoms with Gasteiger partial charge >= 0.3 is 0 Å². The van der Waals surface area contributed by atoms with E-state index in [1.165, 1.54) is 54.1 Å². The second kappa shape index (κ2) is 6.06. The fourth-order valence-corrected chi connectivity index (χ4v) is 6.53. The van der Waals surface area contributed by atoms with Crippen molar-refractivity contribution in [1.29, 1.82) is 0 Å². The van der Waals surface area contributed by atoms with Crippen molar-refractivity contribution < 1.29 is 13.9 Å². The first-order valence-corrected chi connectivity index (χ1v) is 11.5. The van der Waals surface area contributed by atoms with Crippen LogP contribution in [0.5, 0.6) is 11.5 Å². The Morgan fingerprint density at radius 3 is 2.30 bits per heavy atom. The largest absolute Gasteiger partial charge is 0.454 e. The van der Waals surface area contributed by atoms with Crippen LogP contribution < -0.4 is 9.47 Å². The maximum absolute atomic E-state index is 13.8. The Morgan fingerprint density at radius 2 is 1.47 bits per heavy atom. The number of benzene rings is 3. The molecule has 0 radical (unpaired) electrons. The van der Waals surface area contributed by atoms with Gasteiger partial charge in [0.15, 0.2) is 16.6 Å². The number of hydrogen-bond acceptors (Lipinski definition) is 4. The van der Waals surface area contributed by atoms with Gasteiger partial charge in [0.05, 0.1) is 0 Å². The summed E-state index contributed by atoms with van der Waals surface area (Å²) in [7, 11) is 0. The van der Waals surface area contributed by atoms with E-state index in [0.29, 0.717) is 6.79 Å². The summed E-state index contributed by atoms with van der Waals surface area (Å²) >= 11 is 3.09. The molecule has 30 heavy (non-hydrogen) atoms. The molecule has 0 unspecified atom stereocenters. The second-order valence-corrected chi connectivity index (χ2v) is 9.95. The summed E-state index contributed by atoms with van der Waals surface area (Å²) in [5, 5.41) is 2.25. The average molecular weight is 431 g/mol. The lowest BCUT2D eigenvalue weighted by molar-refractivity contribution is 0.174. The molecule has 5 aromatic rings. The Hall–Kier alpha value is -2.89. The maximum Gasteiger partial charge on any atom is 0.231 e. The fraction of sp³-hybridized carbons (Fsp3) is 0.120. The molecule has 1 aliphatic heterocycles. The predicted molar refractivity (Wildman–Crippen MR) is 122 cm³/mol. The van der Waals surface area contributed by atoms with Crippen molar-refractivity contribution in [3.8, 4) is 33.8 Å². The minimum Gasteiger partial charge on any atom is -0.454 e. The topological polar surface area (TPSA) is 18.5 Å². The highest BCUT2D eigenvalue weighted by atomic mass is 32.1. The van der Waals surface area contributed by atoms with Crippen molar-refractivity contribution >= 4 is 42.8 Å². The van der Waals surface area contributed by atoms with Crippen molar-refractivity contribution in [2.75, 3.05) is 6.79 Å². The van der Waals surface area contributed by atoms with Gasteiger partial charge < -0.3 is 9.47 Å². The zero-order valence-corrected chi connectivity index (χ0v) is 17.5. The molecule has 0 spiro atoms. The first-order chi connectivity index (χ1) is 14.7. The first kappa shape index (κ1) is 16.9. The van der Waals surface area contributed by atoms with Gasteiger partial charge in [0.1, 0.15) is 0 Å². The third-order valence-corrected chi connectivity index (χ3v) is 8.11. The van der Waals surface area contributed by atoms with E-state index in [-0.39, 0.29) is 5.13 Å². The first-order valence-electron chi connectivity index (χ1n) is 9.91. The van der Waals surface area contributed by atoms with E-state index in [1.54, 1.807) is 6.07 Å². The molecule has 0 N–H and O–H groups in total. The van der Waals surface area contributed by atoms with Crippen molar-refractivity contribution in [2.24, 2.45) is 0 Å². The second-order valence-electron chi connectivity index (χ2n) is 7.75. The smallest absolute Gasteiger partial charge is 0.231 e. The van der Waals surface area contributed by atoms with Gasteiger partial charge in [-0.25, -0.2) is 0 Å². The molecule has 1 aliphatic carbocycles. The van der Waals surface area contributed by atoms with Crippen LogP contribution >= 0.6 is 22.7 Å². The van der Waals surface area contributed by atoms with Gasteiger partial charge in [-0.2, -0.15) is 4.39 Å². The molecule has 7 rings (SSSR count). The molecule has 2 aromatic heterocycles. The van der Waals surface area contributed by atoms with Gasteiger partial charge in [-0.3, -0.25) is 0 Å². The molecule has 2 nitrogen and oxygen atoms in total. The summed E-state index contributed by atoms with van der Waals surface area (Å²) in [4.78, 5) is 1.38. The maximum atomic E-state index is 13.8. The van der Waals surface area contributed by atoms with Crippen LogP contribution in [-0.4, -0.2) is 6.79 Å². The van der Waals surface area contributed by atoms with Gasteiger partial charge in [-0.15, -0.1) is 22.7 Å². The molecule has 0 saturated carbocycles. The molecule has 5 heteroatoms. The Balaban J connectivity index is 1.23. The zero-order valence-electron chi connectivity index (χ0n) is 15.8. The van der Waals surface area contributed by atoms with E-state index in [4.69, 9.17) is 9.47 Å². The normalized spacial score (nSPS) is 13.5. The van der Waals surface area contributed by atoms with E-state index in [9.17, 15) is 4.39 Å². The van der Waals surface area contributed by atoms with Crippen LogP contribution in [0.4, 0.5) is 4.39 Å². The summed E-state index contributed by atoms with van der Waals surface area (Å²) in [6.45, 7) is 0.312. The van der Waals surface area contributed by atoms with Gasteiger partial charge in [0.25, 0.3) is 0 Å². The molecular weight excluding hydrogens is 415 g/mol. The van der Waals surface area contributed by atoms with E-state index in [2.05, 4.69) is 42.5 Å². The lowest BCUT2D eigenvalue weighted by atomic mass is 9.77. The number of thiophene rings is 2. The molecular formula is C25H15FO2S2. The van der Waals surface area contributed by atoms with Crippen LogP contribution in [0.15, 0.2) is 54.6 Å². The number of hydrogen-bond donors (Lipinski definition) is 0. The Kier molecular flexibility index (Phi) is 3.41. The SMILES string of the molecule is Fc1cc2c3c(ccc2s1)-c1c-3ccc2sc(CCc3ccc4c(c3)OCO4)cc12. The summed E-state index contributed by atoms with van der Waals surface area (Å²) < 4.78 is 27.0.